The van der Waals surface area contributed by atoms with E-state index in [9.17, 15) is 4.79 Å². The number of benzene rings is 1. The van der Waals surface area contributed by atoms with E-state index >= 15 is 4.39 Å². The van der Waals surface area contributed by atoms with E-state index in [-0.39, 0.29) is 34.8 Å². The number of rotatable bonds is 7. The lowest BCUT2D eigenvalue weighted by atomic mass is 9.91. The summed E-state index contributed by atoms with van der Waals surface area (Å²) < 4.78 is 25.7. The van der Waals surface area contributed by atoms with E-state index in [4.69, 9.17) is 21.1 Å². The highest BCUT2D eigenvalue weighted by molar-refractivity contribution is 6.35. The molecule has 0 atom stereocenters. The Morgan fingerprint density at radius 3 is 2.49 bits per heavy atom. The Balaban J connectivity index is 1.62. The van der Waals surface area contributed by atoms with Crippen molar-refractivity contribution in [3.63, 3.8) is 0 Å². The van der Waals surface area contributed by atoms with E-state index in [2.05, 4.69) is 34.3 Å². The third kappa shape index (κ3) is 4.81. The smallest absolute Gasteiger partial charge is 0.330 e. The molecule has 0 unspecified atom stereocenters. The number of ether oxygens (including phenoxy) is 2. The van der Waals surface area contributed by atoms with Crippen LogP contribution in [0.25, 0.3) is 0 Å². The van der Waals surface area contributed by atoms with Gasteiger partial charge in [0.15, 0.2) is 11.6 Å². The Bertz CT molecular complexity index is 1070. The van der Waals surface area contributed by atoms with Crippen molar-refractivity contribution in [1.82, 2.24) is 14.9 Å². The fourth-order valence-corrected chi connectivity index (χ4v) is 5.09. The number of carbonyl (C=O) groups excluding carboxylic acids is 1. The number of amides is 2. The standard InChI is InChI=1S/C24H32ClFN6O3/c1-6-31-22-14(12-27-23(29-22)28-15-7-9-16(10-8-15)30(2)3)13-32(24(31)33)21-19(25)17(34-4)11-18(35-5)20(21)26/h11-12,15-16H,6-10,13H2,1-5H3,(H,27,28,29). The molecule has 0 spiro atoms. The van der Waals surface area contributed by atoms with Crippen molar-refractivity contribution in [2.45, 2.75) is 51.2 Å². The van der Waals surface area contributed by atoms with Gasteiger partial charge in [0.25, 0.3) is 0 Å². The van der Waals surface area contributed by atoms with Gasteiger partial charge >= 0.3 is 6.03 Å². The van der Waals surface area contributed by atoms with Gasteiger partial charge < -0.3 is 19.7 Å². The van der Waals surface area contributed by atoms with Crippen molar-refractivity contribution in [1.29, 1.82) is 0 Å². The molecule has 11 heteroatoms. The normalized spacial score (nSPS) is 20.2. The lowest BCUT2D eigenvalue weighted by Gasteiger charge is -2.36. The second kappa shape index (κ2) is 10.4. The maximum Gasteiger partial charge on any atom is 0.330 e. The molecule has 35 heavy (non-hydrogen) atoms. The van der Waals surface area contributed by atoms with Crippen molar-refractivity contribution < 1.29 is 18.7 Å². The summed E-state index contributed by atoms with van der Waals surface area (Å²) >= 11 is 6.45. The van der Waals surface area contributed by atoms with E-state index in [1.54, 1.807) is 6.20 Å². The number of halogens is 2. The Morgan fingerprint density at radius 1 is 1.20 bits per heavy atom. The average molecular weight is 507 g/mol. The zero-order valence-corrected chi connectivity index (χ0v) is 21.5. The zero-order valence-electron chi connectivity index (χ0n) is 20.8. The Hall–Kier alpha value is -2.85. The Morgan fingerprint density at radius 2 is 1.89 bits per heavy atom. The first-order chi connectivity index (χ1) is 16.8. The zero-order chi connectivity index (χ0) is 25.3. The minimum absolute atomic E-state index is 0.00816. The molecule has 1 N–H and O–H groups in total. The van der Waals surface area contributed by atoms with Crippen molar-refractivity contribution >= 4 is 35.1 Å². The summed E-state index contributed by atoms with van der Waals surface area (Å²) in [4.78, 5) is 27.7. The highest BCUT2D eigenvalue weighted by Crippen LogP contribution is 2.44. The maximum absolute atomic E-state index is 15.3. The molecule has 2 aliphatic rings. The van der Waals surface area contributed by atoms with Gasteiger partial charge in [0.1, 0.15) is 22.3 Å². The molecule has 9 nitrogen and oxygen atoms in total. The minimum atomic E-state index is -0.737. The first-order valence-corrected chi connectivity index (χ1v) is 12.1. The summed E-state index contributed by atoms with van der Waals surface area (Å²) in [6, 6.07) is 1.80. The molecular weight excluding hydrogens is 475 g/mol. The van der Waals surface area contributed by atoms with Gasteiger partial charge in [-0.2, -0.15) is 4.98 Å². The number of hydrogen-bond donors (Lipinski definition) is 1. The quantitative estimate of drug-likeness (QED) is 0.590. The van der Waals surface area contributed by atoms with E-state index in [1.165, 1.54) is 30.1 Å². The summed E-state index contributed by atoms with van der Waals surface area (Å²) in [5.41, 5.74) is 0.586. The molecule has 0 radical (unpaired) electrons. The van der Waals surface area contributed by atoms with Crippen LogP contribution in [-0.2, 0) is 6.54 Å². The van der Waals surface area contributed by atoms with Gasteiger partial charge in [-0.05, 0) is 46.7 Å². The summed E-state index contributed by atoms with van der Waals surface area (Å²) in [5.74, 6) is 0.409. The van der Waals surface area contributed by atoms with Crippen LogP contribution in [0.5, 0.6) is 11.5 Å². The number of fused-ring (bicyclic) bond motifs is 1. The van der Waals surface area contributed by atoms with Crippen molar-refractivity contribution in [2.24, 2.45) is 0 Å². The third-order valence-corrected chi connectivity index (χ3v) is 7.15. The Labute approximate surface area is 210 Å². The second-order valence-electron chi connectivity index (χ2n) is 9.03. The van der Waals surface area contributed by atoms with Crippen LogP contribution in [0.4, 0.5) is 26.6 Å². The number of nitrogens with zero attached hydrogens (tertiary/aromatic N) is 5. The van der Waals surface area contributed by atoms with E-state index in [1.807, 2.05) is 6.92 Å². The summed E-state index contributed by atoms with van der Waals surface area (Å²) in [6.45, 7) is 2.24. The number of anilines is 3. The van der Waals surface area contributed by atoms with Crippen LogP contribution in [-0.4, -0.2) is 67.8 Å². The van der Waals surface area contributed by atoms with E-state index in [0.717, 1.165) is 25.7 Å². The first-order valence-electron chi connectivity index (χ1n) is 11.8. The summed E-state index contributed by atoms with van der Waals surface area (Å²) in [5, 5.41) is 3.43. The fraction of sp³-hybridized carbons (Fsp3) is 0.542. The molecular formula is C24H32ClFN6O3. The number of methoxy groups -OCH3 is 2. The third-order valence-electron chi connectivity index (χ3n) is 6.78. The van der Waals surface area contributed by atoms with Crippen LogP contribution >= 0.6 is 11.6 Å². The van der Waals surface area contributed by atoms with Gasteiger partial charge in [-0.15, -0.1) is 0 Å². The van der Waals surface area contributed by atoms with Crippen molar-refractivity contribution in [2.75, 3.05) is 50.0 Å². The molecule has 0 saturated heterocycles. The average Bonchev–Trinajstić information content (AvgIpc) is 2.85. The molecule has 2 heterocycles. The highest BCUT2D eigenvalue weighted by Gasteiger charge is 2.36. The lowest BCUT2D eigenvalue weighted by molar-refractivity contribution is 0.221. The number of hydrogen-bond acceptors (Lipinski definition) is 7. The fourth-order valence-electron chi connectivity index (χ4n) is 4.78. The number of urea groups is 1. The summed E-state index contributed by atoms with van der Waals surface area (Å²) in [7, 11) is 7.00. The predicted molar refractivity (Wildman–Crippen MR) is 134 cm³/mol. The van der Waals surface area contributed by atoms with Gasteiger partial charge in [0, 0.05) is 36.5 Å². The van der Waals surface area contributed by atoms with Crippen LogP contribution in [0.3, 0.4) is 0 Å². The largest absolute Gasteiger partial charge is 0.495 e. The topological polar surface area (TPSA) is 83.1 Å². The van der Waals surface area contributed by atoms with Crippen molar-refractivity contribution in [3.8, 4) is 11.5 Å². The van der Waals surface area contributed by atoms with E-state index in [0.29, 0.717) is 29.9 Å². The maximum atomic E-state index is 15.3. The van der Waals surface area contributed by atoms with E-state index < -0.39 is 11.8 Å². The molecule has 1 aromatic heterocycles. The van der Waals surface area contributed by atoms with Crippen LogP contribution in [0.2, 0.25) is 5.02 Å². The van der Waals surface area contributed by atoms with Crippen molar-refractivity contribution in [3.05, 3.63) is 28.7 Å². The molecule has 1 fully saturated rings. The predicted octanol–water partition coefficient (Wildman–Crippen LogP) is 4.54. The second-order valence-corrected chi connectivity index (χ2v) is 9.40. The molecule has 1 aromatic carbocycles. The van der Waals surface area contributed by atoms with Crippen LogP contribution in [0.15, 0.2) is 12.3 Å². The SMILES string of the molecule is CCN1C(=O)N(c2c(F)c(OC)cc(OC)c2Cl)Cc2cnc(NC3CCC(N(C)C)CC3)nc21. The van der Waals surface area contributed by atoms with Gasteiger partial charge in [0.05, 0.1) is 20.8 Å². The molecule has 4 rings (SSSR count). The molecule has 1 aliphatic carbocycles. The number of carbonyl (C=O) groups is 1. The molecule has 1 aliphatic heterocycles. The van der Waals surface area contributed by atoms with Crippen LogP contribution in [0.1, 0.15) is 38.2 Å². The number of aromatic nitrogens is 2. The molecule has 2 amide bonds. The van der Waals surface area contributed by atoms with Gasteiger partial charge in [0.2, 0.25) is 5.95 Å². The van der Waals surface area contributed by atoms with Gasteiger partial charge in [-0.3, -0.25) is 9.80 Å². The molecule has 190 valence electrons. The minimum Gasteiger partial charge on any atom is -0.495 e. The summed E-state index contributed by atoms with van der Waals surface area (Å²) in [6.07, 6.45) is 5.97. The molecule has 0 bridgehead atoms. The highest BCUT2D eigenvalue weighted by atomic mass is 35.5. The lowest BCUT2D eigenvalue weighted by Crippen LogP contribution is -2.48. The first kappa shape index (κ1) is 25.2. The van der Waals surface area contributed by atoms with Crippen LogP contribution in [0, 0.1) is 5.82 Å². The number of nitrogens with one attached hydrogen (secondary N) is 1. The molecule has 2 aromatic rings. The van der Waals surface area contributed by atoms with Gasteiger partial charge in [-0.1, -0.05) is 11.6 Å². The Kier molecular flexibility index (Phi) is 7.51. The monoisotopic (exact) mass is 506 g/mol. The molecule has 1 saturated carbocycles. The van der Waals surface area contributed by atoms with Crippen LogP contribution < -0.4 is 24.6 Å². The van der Waals surface area contributed by atoms with Gasteiger partial charge in [-0.25, -0.2) is 14.2 Å².